The van der Waals surface area contributed by atoms with Gasteiger partial charge in [-0.15, -0.1) is 29.7 Å². The Bertz CT molecular complexity index is 304. The van der Waals surface area contributed by atoms with Gasteiger partial charge < -0.3 is 5.11 Å². The van der Waals surface area contributed by atoms with Crippen molar-refractivity contribution < 1.29 is 9.90 Å². The van der Waals surface area contributed by atoms with E-state index in [4.69, 9.17) is 5.11 Å². The first-order valence-electron chi connectivity index (χ1n) is 3.76. The number of aliphatic carboxylic acids is 1. The van der Waals surface area contributed by atoms with E-state index in [0.717, 1.165) is 10.6 Å². The quantitative estimate of drug-likeness (QED) is 0.605. The van der Waals surface area contributed by atoms with Crippen molar-refractivity contribution in [2.45, 2.75) is 10.6 Å². The zero-order valence-electron chi connectivity index (χ0n) is 7.03. The maximum absolute atomic E-state index is 10.3. The van der Waals surface area contributed by atoms with Gasteiger partial charge in [-0.1, -0.05) is 6.08 Å². The van der Waals surface area contributed by atoms with Gasteiger partial charge in [-0.05, 0) is 18.6 Å². The molecule has 70 valence electrons. The number of carboxylic acids is 1. The van der Waals surface area contributed by atoms with Crippen LogP contribution in [0, 0.1) is 0 Å². The van der Waals surface area contributed by atoms with E-state index in [1.54, 1.807) is 11.3 Å². The molecule has 1 heterocycles. The van der Waals surface area contributed by atoms with Crippen molar-refractivity contribution in [3.8, 4) is 0 Å². The summed E-state index contributed by atoms with van der Waals surface area (Å²) in [6, 6.07) is 3.97. The fourth-order valence-electron chi connectivity index (χ4n) is 0.821. The number of thiophene rings is 1. The molecule has 4 heteroatoms. The predicted octanol–water partition coefficient (Wildman–Crippen LogP) is 2.65. The summed E-state index contributed by atoms with van der Waals surface area (Å²) >= 11 is 2.99. The minimum absolute atomic E-state index is 0.133. The zero-order chi connectivity index (χ0) is 9.68. The molecule has 0 fully saturated rings. The largest absolute Gasteiger partial charge is 0.481 e. The molecular formula is C9H10O2S2. The number of allylic oxidation sites excluding steroid dienone is 1. The smallest absolute Gasteiger partial charge is 0.313 e. The lowest BCUT2D eigenvalue weighted by Crippen LogP contribution is -1.96. The van der Waals surface area contributed by atoms with Gasteiger partial charge in [0.15, 0.2) is 0 Å². The SMILES string of the molecule is C=CCc1ccc(SCC(=O)O)s1. The first kappa shape index (κ1) is 10.3. The number of thioether (sulfide) groups is 1. The van der Waals surface area contributed by atoms with Gasteiger partial charge >= 0.3 is 5.97 Å². The van der Waals surface area contributed by atoms with Crippen LogP contribution in [-0.4, -0.2) is 16.8 Å². The molecule has 0 spiro atoms. The lowest BCUT2D eigenvalue weighted by molar-refractivity contribution is -0.133. The second kappa shape index (κ2) is 5.09. The summed E-state index contributed by atoms with van der Waals surface area (Å²) in [5, 5.41) is 8.45. The Hall–Kier alpha value is -0.740. The van der Waals surface area contributed by atoms with Crippen molar-refractivity contribution >= 4 is 29.1 Å². The van der Waals surface area contributed by atoms with E-state index in [-0.39, 0.29) is 5.75 Å². The predicted molar refractivity (Wildman–Crippen MR) is 56.6 cm³/mol. The third-order valence-corrected chi connectivity index (χ3v) is 3.64. The van der Waals surface area contributed by atoms with Gasteiger partial charge in [0.05, 0.1) is 9.96 Å². The van der Waals surface area contributed by atoms with Crippen LogP contribution in [-0.2, 0) is 11.2 Å². The van der Waals surface area contributed by atoms with E-state index in [1.807, 2.05) is 18.2 Å². The Morgan fingerprint density at radius 1 is 1.69 bits per heavy atom. The molecule has 2 nitrogen and oxygen atoms in total. The molecule has 1 aromatic rings. The summed E-state index contributed by atoms with van der Waals surface area (Å²) in [6.45, 7) is 3.65. The molecule has 0 atom stereocenters. The van der Waals surface area contributed by atoms with Crippen LogP contribution < -0.4 is 0 Å². The average molecular weight is 214 g/mol. The molecule has 0 aliphatic carbocycles. The molecule has 13 heavy (non-hydrogen) atoms. The second-order valence-corrected chi connectivity index (χ2v) is 4.84. The Labute approximate surface area is 85.3 Å². The standard InChI is InChI=1S/C9H10O2S2/c1-2-3-7-4-5-9(13-7)12-6-8(10)11/h2,4-5H,1,3,6H2,(H,10,11). The summed E-state index contributed by atoms with van der Waals surface area (Å²) in [6.07, 6.45) is 2.70. The third-order valence-electron chi connectivity index (χ3n) is 1.32. The molecule has 0 saturated heterocycles. The van der Waals surface area contributed by atoms with E-state index in [2.05, 4.69) is 6.58 Å². The Balaban J connectivity index is 2.48. The van der Waals surface area contributed by atoms with Crippen molar-refractivity contribution in [1.82, 2.24) is 0 Å². The highest BCUT2D eigenvalue weighted by molar-refractivity contribution is 8.01. The average Bonchev–Trinajstić information content (AvgIpc) is 2.50. The molecule has 1 N–H and O–H groups in total. The molecule has 0 bridgehead atoms. The van der Waals surface area contributed by atoms with Gasteiger partial charge in [-0.25, -0.2) is 0 Å². The molecule has 0 saturated carbocycles. The number of carboxylic acid groups (broad SMARTS) is 1. The van der Waals surface area contributed by atoms with Crippen LogP contribution in [0.15, 0.2) is 29.0 Å². The topological polar surface area (TPSA) is 37.3 Å². The minimum atomic E-state index is -0.774. The summed E-state index contributed by atoms with van der Waals surface area (Å²) < 4.78 is 1.05. The number of rotatable bonds is 5. The van der Waals surface area contributed by atoms with E-state index in [0.29, 0.717) is 0 Å². The van der Waals surface area contributed by atoms with Crippen molar-refractivity contribution in [2.75, 3.05) is 5.75 Å². The van der Waals surface area contributed by atoms with Crippen molar-refractivity contribution in [1.29, 1.82) is 0 Å². The van der Waals surface area contributed by atoms with Crippen LogP contribution >= 0.6 is 23.1 Å². The molecule has 1 aromatic heterocycles. The monoisotopic (exact) mass is 214 g/mol. The van der Waals surface area contributed by atoms with E-state index < -0.39 is 5.97 Å². The van der Waals surface area contributed by atoms with Gasteiger partial charge in [0, 0.05) is 4.88 Å². The molecule has 0 amide bonds. The fourth-order valence-corrected chi connectivity index (χ4v) is 2.72. The van der Waals surface area contributed by atoms with Crippen LogP contribution in [0.2, 0.25) is 0 Å². The Kier molecular flexibility index (Phi) is 4.05. The summed E-state index contributed by atoms with van der Waals surface area (Å²) in [5.74, 6) is -0.641. The first-order chi connectivity index (χ1) is 6.22. The van der Waals surface area contributed by atoms with Crippen molar-refractivity contribution in [3.63, 3.8) is 0 Å². The van der Waals surface area contributed by atoms with Crippen molar-refractivity contribution in [2.24, 2.45) is 0 Å². The molecule has 0 aliphatic heterocycles. The third kappa shape index (κ3) is 3.65. The molecule has 0 aliphatic rings. The van der Waals surface area contributed by atoms with Gasteiger partial charge in [0.1, 0.15) is 0 Å². The molecule has 1 rings (SSSR count). The van der Waals surface area contributed by atoms with Crippen LogP contribution in [0.1, 0.15) is 4.88 Å². The lowest BCUT2D eigenvalue weighted by atomic mass is 10.3. The Morgan fingerprint density at radius 3 is 3.08 bits per heavy atom. The summed E-state index contributed by atoms with van der Waals surface area (Å²) in [5.41, 5.74) is 0. The second-order valence-electron chi connectivity index (χ2n) is 2.40. The van der Waals surface area contributed by atoms with Gasteiger partial charge in [0.25, 0.3) is 0 Å². The van der Waals surface area contributed by atoms with Gasteiger partial charge in [0.2, 0.25) is 0 Å². The molecule has 0 unspecified atom stereocenters. The van der Waals surface area contributed by atoms with Crippen LogP contribution in [0.3, 0.4) is 0 Å². The highest BCUT2D eigenvalue weighted by Crippen LogP contribution is 2.27. The van der Waals surface area contributed by atoms with Crippen molar-refractivity contribution in [3.05, 3.63) is 29.7 Å². The normalized spacial score (nSPS) is 9.85. The van der Waals surface area contributed by atoms with E-state index in [1.165, 1.54) is 16.6 Å². The Morgan fingerprint density at radius 2 is 2.46 bits per heavy atom. The highest BCUT2D eigenvalue weighted by atomic mass is 32.2. The maximum Gasteiger partial charge on any atom is 0.313 e. The number of hydrogen-bond acceptors (Lipinski definition) is 3. The van der Waals surface area contributed by atoms with Gasteiger partial charge in [-0.3, -0.25) is 4.79 Å². The van der Waals surface area contributed by atoms with Crippen LogP contribution in [0.4, 0.5) is 0 Å². The fraction of sp³-hybridized carbons (Fsp3) is 0.222. The first-order valence-corrected chi connectivity index (χ1v) is 5.57. The molecule has 0 aromatic carbocycles. The lowest BCUT2D eigenvalue weighted by Gasteiger charge is -1.91. The zero-order valence-corrected chi connectivity index (χ0v) is 8.66. The van der Waals surface area contributed by atoms with E-state index >= 15 is 0 Å². The van der Waals surface area contributed by atoms with Crippen LogP contribution in [0.25, 0.3) is 0 Å². The highest BCUT2D eigenvalue weighted by Gasteiger charge is 2.02. The number of carbonyl (C=O) groups is 1. The molecule has 0 radical (unpaired) electrons. The number of hydrogen-bond donors (Lipinski definition) is 1. The maximum atomic E-state index is 10.3. The van der Waals surface area contributed by atoms with Gasteiger partial charge in [-0.2, -0.15) is 0 Å². The van der Waals surface area contributed by atoms with Crippen LogP contribution in [0.5, 0.6) is 0 Å². The minimum Gasteiger partial charge on any atom is -0.481 e. The van der Waals surface area contributed by atoms with E-state index in [9.17, 15) is 4.79 Å². The molecular weight excluding hydrogens is 204 g/mol. The summed E-state index contributed by atoms with van der Waals surface area (Å²) in [7, 11) is 0. The summed E-state index contributed by atoms with van der Waals surface area (Å²) in [4.78, 5) is 11.5.